The van der Waals surface area contributed by atoms with Crippen molar-refractivity contribution in [3.63, 3.8) is 0 Å². The maximum Gasteiger partial charge on any atom is 0.271 e. The van der Waals surface area contributed by atoms with Crippen LogP contribution in [-0.2, 0) is 0 Å². The number of hydrogen-bond donors (Lipinski definition) is 2. The van der Waals surface area contributed by atoms with Crippen LogP contribution in [0.25, 0.3) is 0 Å². The number of aryl methyl sites for hydroxylation is 1. The fourth-order valence-electron chi connectivity index (χ4n) is 1.74. The Morgan fingerprint density at radius 1 is 1.29 bits per heavy atom. The van der Waals surface area contributed by atoms with Gasteiger partial charge in [0, 0.05) is 12.1 Å². The lowest BCUT2D eigenvalue weighted by molar-refractivity contribution is -0.384. The molecule has 21 heavy (non-hydrogen) atoms. The summed E-state index contributed by atoms with van der Waals surface area (Å²) in [4.78, 5) is 22.0. The number of rotatable bonds is 3. The van der Waals surface area contributed by atoms with Crippen LogP contribution in [0, 0.1) is 22.9 Å². The smallest absolute Gasteiger partial charge is 0.271 e. The molecule has 2 N–H and O–H groups in total. The van der Waals surface area contributed by atoms with Crippen molar-refractivity contribution in [3.8, 4) is 5.75 Å². The maximum absolute atomic E-state index is 13.6. The van der Waals surface area contributed by atoms with Gasteiger partial charge < -0.3 is 10.4 Å². The van der Waals surface area contributed by atoms with E-state index in [0.717, 1.165) is 24.3 Å². The topological polar surface area (TPSA) is 92.5 Å². The molecule has 0 aliphatic carbocycles. The lowest BCUT2D eigenvalue weighted by Gasteiger charge is -2.08. The van der Waals surface area contributed by atoms with E-state index in [1.807, 2.05) is 0 Å². The number of anilines is 1. The van der Waals surface area contributed by atoms with Gasteiger partial charge in [-0.25, -0.2) is 4.39 Å². The Morgan fingerprint density at radius 2 is 2.00 bits per heavy atom. The Labute approximate surface area is 119 Å². The Hall–Kier alpha value is -2.96. The average Bonchev–Trinajstić information content (AvgIpc) is 2.43. The summed E-state index contributed by atoms with van der Waals surface area (Å²) < 4.78 is 13.6. The molecule has 0 fully saturated rings. The van der Waals surface area contributed by atoms with Crippen molar-refractivity contribution in [1.82, 2.24) is 0 Å². The van der Waals surface area contributed by atoms with Crippen LogP contribution in [0.1, 0.15) is 15.9 Å². The van der Waals surface area contributed by atoms with E-state index in [9.17, 15) is 24.4 Å². The molecule has 0 saturated heterocycles. The molecule has 0 aromatic heterocycles. The van der Waals surface area contributed by atoms with Crippen LogP contribution < -0.4 is 5.32 Å². The zero-order chi connectivity index (χ0) is 15.6. The molecule has 0 saturated carbocycles. The fraction of sp³-hybridized carbons (Fsp3) is 0.0714. The number of non-ortho nitro benzene ring substituents is 1. The molecule has 0 aliphatic rings. The van der Waals surface area contributed by atoms with Crippen LogP contribution in [-0.4, -0.2) is 15.9 Å². The molecule has 0 bridgehead atoms. The SMILES string of the molecule is Cc1ccc(F)c(C(=O)Nc2cc([N+](=O)[O-])ccc2O)c1. The van der Waals surface area contributed by atoms with Crippen LogP contribution in [0.5, 0.6) is 5.75 Å². The molecule has 0 unspecified atom stereocenters. The van der Waals surface area contributed by atoms with Crippen LogP contribution in [0.2, 0.25) is 0 Å². The summed E-state index contributed by atoms with van der Waals surface area (Å²) in [6.07, 6.45) is 0. The Bertz CT molecular complexity index is 731. The second-order valence-corrected chi connectivity index (χ2v) is 4.40. The zero-order valence-corrected chi connectivity index (χ0v) is 11.0. The van der Waals surface area contributed by atoms with Crippen molar-refractivity contribution in [1.29, 1.82) is 0 Å². The van der Waals surface area contributed by atoms with Crippen molar-refractivity contribution < 1.29 is 19.2 Å². The molecule has 0 aliphatic heterocycles. The van der Waals surface area contributed by atoms with E-state index in [1.54, 1.807) is 6.92 Å². The van der Waals surface area contributed by atoms with Crippen molar-refractivity contribution in [2.75, 3.05) is 5.32 Å². The Morgan fingerprint density at radius 3 is 2.67 bits per heavy atom. The molecular formula is C14H11FN2O4. The van der Waals surface area contributed by atoms with Crippen molar-refractivity contribution in [2.24, 2.45) is 0 Å². The molecule has 2 rings (SSSR count). The van der Waals surface area contributed by atoms with Crippen molar-refractivity contribution in [2.45, 2.75) is 6.92 Å². The van der Waals surface area contributed by atoms with Gasteiger partial charge in [-0.05, 0) is 25.1 Å². The number of nitro groups is 1. The third kappa shape index (κ3) is 3.14. The van der Waals surface area contributed by atoms with Gasteiger partial charge in [0.2, 0.25) is 0 Å². The summed E-state index contributed by atoms with van der Waals surface area (Å²) in [6, 6.07) is 7.19. The zero-order valence-electron chi connectivity index (χ0n) is 11.0. The first kappa shape index (κ1) is 14.4. The largest absolute Gasteiger partial charge is 0.506 e. The first-order valence-electron chi connectivity index (χ1n) is 5.93. The maximum atomic E-state index is 13.6. The summed E-state index contributed by atoms with van der Waals surface area (Å²) in [5, 5.41) is 22.5. The minimum atomic E-state index is -0.799. The number of carbonyl (C=O) groups is 1. The number of phenols is 1. The van der Waals surface area contributed by atoms with Gasteiger partial charge in [0.15, 0.2) is 0 Å². The Balaban J connectivity index is 2.33. The number of hydrogen-bond acceptors (Lipinski definition) is 4. The predicted octanol–water partition coefficient (Wildman–Crippen LogP) is 3.00. The van der Waals surface area contributed by atoms with Crippen LogP contribution in [0.15, 0.2) is 36.4 Å². The van der Waals surface area contributed by atoms with Gasteiger partial charge in [0.25, 0.3) is 11.6 Å². The molecular weight excluding hydrogens is 279 g/mol. The highest BCUT2D eigenvalue weighted by molar-refractivity contribution is 6.05. The van der Waals surface area contributed by atoms with Crippen molar-refractivity contribution in [3.05, 3.63) is 63.5 Å². The van der Waals surface area contributed by atoms with E-state index in [4.69, 9.17) is 0 Å². The number of phenolic OH excluding ortho intramolecular Hbond substituents is 1. The number of carbonyl (C=O) groups excluding carboxylic acids is 1. The first-order valence-corrected chi connectivity index (χ1v) is 5.93. The van der Waals surface area contributed by atoms with E-state index in [2.05, 4.69) is 5.32 Å². The fourth-order valence-corrected chi connectivity index (χ4v) is 1.74. The van der Waals surface area contributed by atoms with Crippen LogP contribution in [0.3, 0.4) is 0 Å². The highest BCUT2D eigenvalue weighted by Crippen LogP contribution is 2.28. The number of aromatic hydroxyl groups is 1. The lowest BCUT2D eigenvalue weighted by atomic mass is 10.1. The molecule has 0 heterocycles. The number of amides is 1. The van der Waals surface area contributed by atoms with Gasteiger partial charge in [-0.2, -0.15) is 0 Å². The van der Waals surface area contributed by atoms with E-state index >= 15 is 0 Å². The average molecular weight is 290 g/mol. The van der Waals surface area contributed by atoms with E-state index in [0.29, 0.717) is 5.56 Å². The van der Waals surface area contributed by atoms with Gasteiger partial charge in [-0.15, -0.1) is 0 Å². The number of benzene rings is 2. The highest BCUT2D eigenvalue weighted by atomic mass is 19.1. The monoisotopic (exact) mass is 290 g/mol. The number of nitrogens with zero attached hydrogens (tertiary/aromatic N) is 1. The summed E-state index contributed by atoms with van der Waals surface area (Å²) in [6.45, 7) is 1.70. The normalized spacial score (nSPS) is 10.2. The molecule has 0 spiro atoms. The molecule has 0 atom stereocenters. The highest BCUT2D eigenvalue weighted by Gasteiger charge is 2.16. The number of nitrogens with one attached hydrogen (secondary N) is 1. The van der Waals surface area contributed by atoms with E-state index < -0.39 is 16.6 Å². The van der Waals surface area contributed by atoms with E-state index in [1.165, 1.54) is 12.1 Å². The molecule has 108 valence electrons. The quantitative estimate of drug-likeness (QED) is 0.516. The first-order chi connectivity index (χ1) is 9.88. The standard InChI is InChI=1S/C14H11FN2O4/c1-8-2-4-11(15)10(6-8)14(19)16-12-7-9(17(20)21)3-5-13(12)18/h2-7,18H,1H3,(H,16,19). The summed E-state index contributed by atoms with van der Waals surface area (Å²) in [5.74, 6) is -1.86. The van der Waals surface area contributed by atoms with Gasteiger partial charge in [0.1, 0.15) is 11.6 Å². The predicted molar refractivity (Wildman–Crippen MR) is 73.9 cm³/mol. The minimum absolute atomic E-state index is 0.157. The van der Waals surface area contributed by atoms with Crippen LogP contribution >= 0.6 is 0 Å². The van der Waals surface area contributed by atoms with Gasteiger partial charge in [-0.1, -0.05) is 11.6 Å². The molecule has 0 radical (unpaired) electrons. The van der Waals surface area contributed by atoms with Crippen LogP contribution in [0.4, 0.5) is 15.8 Å². The minimum Gasteiger partial charge on any atom is -0.506 e. The summed E-state index contributed by atoms with van der Waals surface area (Å²) in [5.41, 5.74) is 0.0219. The molecule has 2 aromatic carbocycles. The van der Waals surface area contributed by atoms with E-state index in [-0.39, 0.29) is 22.7 Å². The number of nitro benzene ring substituents is 1. The molecule has 2 aromatic rings. The van der Waals surface area contributed by atoms with Gasteiger partial charge >= 0.3 is 0 Å². The van der Waals surface area contributed by atoms with Gasteiger partial charge in [-0.3, -0.25) is 14.9 Å². The molecule has 6 nitrogen and oxygen atoms in total. The van der Waals surface area contributed by atoms with Gasteiger partial charge in [0.05, 0.1) is 16.2 Å². The summed E-state index contributed by atoms with van der Waals surface area (Å²) >= 11 is 0. The number of halogens is 1. The molecule has 7 heteroatoms. The second kappa shape index (κ2) is 5.58. The van der Waals surface area contributed by atoms with Crippen molar-refractivity contribution >= 4 is 17.3 Å². The second-order valence-electron chi connectivity index (χ2n) is 4.40. The lowest BCUT2D eigenvalue weighted by Crippen LogP contribution is -2.14. The Kier molecular flexibility index (Phi) is 3.84. The molecule has 1 amide bonds. The summed E-state index contributed by atoms with van der Waals surface area (Å²) in [7, 11) is 0. The third-order valence-electron chi connectivity index (χ3n) is 2.81. The third-order valence-corrected chi connectivity index (χ3v) is 2.81.